The van der Waals surface area contributed by atoms with Gasteiger partial charge in [-0.2, -0.15) is 5.10 Å². The Morgan fingerprint density at radius 2 is 1.83 bits per heavy atom. The first-order valence-electron chi connectivity index (χ1n) is 10.3. The maximum atomic E-state index is 13.3. The maximum Gasteiger partial charge on any atom is 0.256 e. The topological polar surface area (TPSA) is 53.0 Å². The number of hydrazone groups is 1. The molecular formula is C24H26ClN3O2. The molecule has 0 bridgehead atoms. The number of carbonyl (C=O) groups is 2. The van der Waals surface area contributed by atoms with E-state index >= 15 is 0 Å². The van der Waals surface area contributed by atoms with Gasteiger partial charge >= 0.3 is 0 Å². The molecule has 6 heteroatoms. The van der Waals surface area contributed by atoms with Crippen LogP contribution in [0.2, 0.25) is 5.02 Å². The van der Waals surface area contributed by atoms with Crippen LogP contribution in [0.5, 0.6) is 0 Å². The highest BCUT2D eigenvalue weighted by molar-refractivity contribution is 6.30. The summed E-state index contributed by atoms with van der Waals surface area (Å²) < 4.78 is 0. The van der Waals surface area contributed by atoms with E-state index in [9.17, 15) is 9.59 Å². The van der Waals surface area contributed by atoms with Gasteiger partial charge in [-0.25, -0.2) is 5.01 Å². The minimum Gasteiger partial charge on any atom is -0.341 e. The molecule has 5 nitrogen and oxygen atoms in total. The van der Waals surface area contributed by atoms with Gasteiger partial charge in [0.05, 0.1) is 5.71 Å². The highest BCUT2D eigenvalue weighted by Gasteiger charge is 2.53. The Morgan fingerprint density at radius 3 is 2.53 bits per heavy atom. The minimum absolute atomic E-state index is 0.0239. The summed E-state index contributed by atoms with van der Waals surface area (Å²) in [5, 5.41) is 6.66. The fourth-order valence-corrected chi connectivity index (χ4v) is 4.71. The first-order valence-corrected chi connectivity index (χ1v) is 10.7. The summed E-state index contributed by atoms with van der Waals surface area (Å²) in [7, 11) is 1.70. The third-order valence-electron chi connectivity index (χ3n) is 6.14. The smallest absolute Gasteiger partial charge is 0.256 e. The van der Waals surface area contributed by atoms with E-state index in [-0.39, 0.29) is 17.7 Å². The standard InChI is InChI=1S/C24H26ClN3O2/c1-17(14-18-8-10-20(25)11-9-18)22(29)28-13-12-21-24(16-28,23(30)27(2)26-21)15-19-6-4-3-5-7-19/h3-11,17H,12-16H2,1-2H3. The van der Waals surface area contributed by atoms with Crippen molar-refractivity contribution in [2.75, 3.05) is 20.1 Å². The monoisotopic (exact) mass is 423 g/mol. The molecule has 156 valence electrons. The van der Waals surface area contributed by atoms with E-state index in [0.29, 0.717) is 37.4 Å². The molecule has 0 aliphatic carbocycles. The van der Waals surface area contributed by atoms with Crippen molar-refractivity contribution < 1.29 is 9.59 Å². The van der Waals surface area contributed by atoms with Crippen LogP contribution in [0.3, 0.4) is 0 Å². The number of hydrogen-bond acceptors (Lipinski definition) is 3. The summed E-state index contributed by atoms with van der Waals surface area (Å²) in [6.45, 7) is 2.93. The van der Waals surface area contributed by atoms with Gasteiger partial charge in [0.2, 0.25) is 5.91 Å². The van der Waals surface area contributed by atoms with Crippen LogP contribution < -0.4 is 0 Å². The van der Waals surface area contributed by atoms with E-state index in [0.717, 1.165) is 16.8 Å². The summed E-state index contributed by atoms with van der Waals surface area (Å²) in [6.07, 6.45) is 1.83. The summed E-state index contributed by atoms with van der Waals surface area (Å²) in [5.41, 5.74) is 2.30. The first-order chi connectivity index (χ1) is 14.4. The van der Waals surface area contributed by atoms with E-state index in [1.807, 2.05) is 66.4 Å². The van der Waals surface area contributed by atoms with Gasteiger partial charge in [-0.1, -0.05) is 61.0 Å². The third-order valence-corrected chi connectivity index (χ3v) is 6.39. The lowest BCUT2D eigenvalue weighted by molar-refractivity contribution is -0.141. The molecule has 30 heavy (non-hydrogen) atoms. The molecule has 2 aliphatic rings. The Balaban J connectivity index is 1.54. The van der Waals surface area contributed by atoms with Gasteiger partial charge in [-0.3, -0.25) is 9.59 Å². The first kappa shape index (κ1) is 20.6. The van der Waals surface area contributed by atoms with Crippen LogP contribution in [0.25, 0.3) is 0 Å². The second kappa shape index (κ2) is 8.23. The number of amides is 2. The molecule has 2 amide bonds. The Hall–Kier alpha value is -2.66. The van der Waals surface area contributed by atoms with E-state index < -0.39 is 5.41 Å². The number of fused-ring (bicyclic) bond motifs is 1. The third kappa shape index (κ3) is 3.86. The van der Waals surface area contributed by atoms with Gasteiger partial charge in [0, 0.05) is 37.5 Å². The molecule has 0 spiro atoms. The number of likely N-dealkylation sites (tertiary alicyclic amines) is 1. The van der Waals surface area contributed by atoms with E-state index in [2.05, 4.69) is 5.10 Å². The number of hydrogen-bond donors (Lipinski definition) is 0. The highest BCUT2D eigenvalue weighted by atomic mass is 35.5. The lowest BCUT2D eigenvalue weighted by Gasteiger charge is -2.40. The van der Waals surface area contributed by atoms with Crippen molar-refractivity contribution in [2.24, 2.45) is 16.4 Å². The van der Waals surface area contributed by atoms with Gasteiger partial charge < -0.3 is 4.90 Å². The van der Waals surface area contributed by atoms with E-state index in [1.54, 1.807) is 7.05 Å². The Kier molecular flexibility index (Phi) is 5.65. The number of piperidine rings is 1. The van der Waals surface area contributed by atoms with Crippen molar-refractivity contribution >= 4 is 29.1 Å². The molecule has 0 N–H and O–H groups in total. The summed E-state index contributed by atoms with van der Waals surface area (Å²) in [4.78, 5) is 28.3. The van der Waals surface area contributed by atoms with E-state index in [4.69, 9.17) is 11.6 Å². The zero-order valence-electron chi connectivity index (χ0n) is 17.3. The zero-order valence-corrected chi connectivity index (χ0v) is 18.1. The van der Waals surface area contributed by atoms with Gasteiger partial charge in [-0.15, -0.1) is 0 Å². The number of nitrogens with zero attached hydrogens (tertiary/aromatic N) is 3. The molecule has 4 rings (SSSR count). The maximum absolute atomic E-state index is 13.3. The summed E-state index contributed by atoms with van der Waals surface area (Å²) in [5.74, 6) is -0.115. The molecule has 2 unspecified atom stereocenters. The molecule has 0 aromatic heterocycles. The minimum atomic E-state index is -0.760. The van der Waals surface area contributed by atoms with Crippen molar-refractivity contribution in [1.29, 1.82) is 0 Å². The van der Waals surface area contributed by atoms with Gasteiger partial charge in [0.25, 0.3) is 5.91 Å². The normalized spacial score (nSPS) is 22.0. The fourth-order valence-electron chi connectivity index (χ4n) is 4.59. The fraction of sp³-hybridized carbons (Fsp3) is 0.375. The van der Waals surface area contributed by atoms with Gasteiger partial charge in [0.15, 0.2) is 0 Å². The summed E-state index contributed by atoms with van der Waals surface area (Å²) in [6, 6.07) is 17.6. The number of halogens is 1. The number of carbonyl (C=O) groups excluding carboxylic acids is 2. The van der Waals surface area contributed by atoms with Crippen LogP contribution in [0.15, 0.2) is 59.7 Å². The SMILES string of the molecule is CC(Cc1ccc(Cl)cc1)C(=O)N1CCC2=NN(C)C(=O)C2(Cc2ccccc2)C1. The second-order valence-electron chi connectivity index (χ2n) is 8.36. The van der Waals surface area contributed by atoms with Gasteiger partial charge in [0.1, 0.15) is 5.41 Å². The van der Waals surface area contributed by atoms with Crippen molar-refractivity contribution in [3.05, 3.63) is 70.7 Å². The van der Waals surface area contributed by atoms with Crippen LogP contribution in [-0.4, -0.2) is 47.6 Å². The molecule has 1 fully saturated rings. The van der Waals surface area contributed by atoms with Crippen LogP contribution in [-0.2, 0) is 22.4 Å². The molecule has 2 atom stereocenters. The average molecular weight is 424 g/mol. The molecule has 2 aromatic carbocycles. The molecule has 1 saturated heterocycles. The zero-order chi connectivity index (χ0) is 21.3. The van der Waals surface area contributed by atoms with Crippen molar-refractivity contribution in [2.45, 2.75) is 26.2 Å². The lowest BCUT2D eigenvalue weighted by atomic mass is 9.73. The van der Waals surface area contributed by atoms with Crippen LogP contribution in [0.4, 0.5) is 0 Å². The predicted octanol–water partition coefficient (Wildman–Crippen LogP) is 3.81. The predicted molar refractivity (Wildman–Crippen MR) is 118 cm³/mol. The molecule has 0 saturated carbocycles. The van der Waals surface area contributed by atoms with Crippen LogP contribution >= 0.6 is 11.6 Å². The Labute approximate surface area is 182 Å². The largest absolute Gasteiger partial charge is 0.341 e. The molecule has 2 aliphatic heterocycles. The number of rotatable bonds is 5. The highest BCUT2D eigenvalue weighted by Crippen LogP contribution is 2.38. The van der Waals surface area contributed by atoms with E-state index in [1.165, 1.54) is 5.01 Å². The van der Waals surface area contributed by atoms with Crippen LogP contribution in [0, 0.1) is 11.3 Å². The van der Waals surface area contributed by atoms with Crippen LogP contribution in [0.1, 0.15) is 24.5 Å². The van der Waals surface area contributed by atoms with Crippen molar-refractivity contribution in [1.82, 2.24) is 9.91 Å². The summed E-state index contributed by atoms with van der Waals surface area (Å²) >= 11 is 5.97. The van der Waals surface area contributed by atoms with Gasteiger partial charge in [-0.05, 0) is 36.1 Å². The average Bonchev–Trinajstić information content (AvgIpc) is 2.99. The molecular weight excluding hydrogens is 398 g/mol. The van der Waals surface area contributed by atoms with Crippen molar-refractivity contribution in [3.63, 3.8) is 0 Å². The van der Waals surface area contributed by atoms with Crippen molar-refractivity contribution in [3.8, 4) is 0 Å². The Bertz CT molecular complexity index is 974. The number of benzene rings is 2. The molecule has 2 aromatic rings. The lowest BCUT2D eigenvalue weighted by Crippen LogP contribution is -2.56. The molecule has 0 radical (unpaired) electrons. The second-order valence-corrected chi connectivity index (χ2v) is 8.80. The Morgan fingerprint density at radius 1 is 1.13 bits per heavy atom. The quantitative estimate of drug-likeness (QED) is 0.734. The molecule has 2 heterocycles.